The number of aromatic nitrogens is 1. The molecule has 1 aromatic heterocycles. The number of Topliss-reactive ketones (excluding diaryl/α,β-unsaturated/α-hetero) is 1. The zero-order valence-corrected chi connectivity index (χ0v) is 13.0. The van der Waals surface area contributed by atoms with Crippen LogP contribution in [-0.2, 0) is 4.79 Å². The van der Waals surface area contributed by atoms with Crippen molar-refractivity contribution >= 4 is 22.6 Å². The maximum atomic E-state index is 12.8. The Hall–Kier alpha value is -2.36. The van der Waals surface area contributed by atoms with E-state index in [1.54, 1.807) is 6.92 Å². The smallest absolute Gasteiger partial charge is 0.246 e. The Labute approximate surface area is 130 Å². The quantitative estimate of drug-likeness (QED) is 0.642. The summed E-state index contributed by atoms with van der Waals surface area (Å²) in [6.45, 7) is 4.93. The van der Waals surface area contributed by atoms with E-state index in [0.29, 0.717) is 25.1 Å². The molecular formula is C18H20N2O2. The van der Waals surface area contributed by atoms with E-state index >= 15 is 0 Å². The predicted octanol–water partition coefficient (Wildman–Crippen LogP) is 3.19. The van der Waals surface area contributed by atoms with E-state index in [1.807, 2.05) is 59.0 Å². The van der Waals surface area contributed by atoms with Crippen molar-refractivity contribution in [1.82, 2.24) is 9.47 Å². The van der Waals surface area contributed by atoms with Gasteiger partial charge in [-0.25, -0.2) is 0 Å². The molecule has 4 heteroatoms. The fourth-order valence-corrected chi connectivity index (χ4v) is 3.10. The number of nitrogens with zero attached hydrogens (tertiary/aromatic N) is 2. The standard InChI is InChI=1S/C18H20N2O2/c1-3-16(18(22)19-10-6-7-11-19)20-12-15(13(2)21)14-8-4-5-9-17(14)20/h4-9,12,16H,3,10-11H2,1-2H3. The summed E-state index contributed by atoms with van der Waals surface area (Å²) < 4.78 is 1.96. The molecule has 114 valence electrons. The fourth-order valence-electron chi connectivity index (χ4n) is 3.10. The minimum absolute atomic E-state index is 0.0279. The molecule has 0 saturated carbocycles. The molecule has 0 N–H and O–H groups in total. The van der Waals surface area contributed by atoms with E-state index in [0.717, 1.165) is 10.9 Å². The number of carbonyl (C=O) groups excluding carboxylic acids is 2. The Morgan fingerprint density at radius 3 is 2.50 bits per heavy atom. The van der Waals surface area contributed by atoms with Crippen LogP contribution in [0.4, 0.5) is 0 Å². The van der Waals surface area contributed by atoms with E-state index in [-0.39, 0.29) is 17.7 Å². The van der Waals surface area contributed by atoms with Crippen LogP contribution < -0.4 is 0 Å². The molecule has 2 heterocycles. The first kappa shape index (κ1) is 14.6. The molecule has 4 nitrogen and oxygen atoms in total. The second-order valence-electron chi connectivity index (χ2n) is 5.66. The van der Waals surface area contributed by atoms with Gasteiger partial charge in [0.25, 0.3) is 0 Å². The van der Waals surface area contributed by atoms with Crippen LogP contribution in [0, 0.1) is 0 Å². The second kappa shape index (κ2) is 5.79. The number of hydrogen-bond acceptors (Lipinski definition) is 2. The number of rotatable bonds is 4. The van der Waals surface area contributed by atoms with Crippen LogP contribution in [0.1, 0.15) is 36.7 Å². The van der Waals surface area contributed by atoms with Crippen molar-refractivity contribution < 1.29 is 9.59 Å². The Kier molecular flexibility index (Phi) is 3.84. The SMILES string of the molecule is CCC(C(=O)N1CC=CC1)n1cc(C(C)=O)c2ccccc21. The summed E-state index contributed by atoms with van der Waals surface area (Å²) in [7, 11) is 0. The highest BCUT2D eigenvalue weighted by Crippen LogP contribution is 2.28. The van der Waals surface area contributed by atoms with Gasteiger partial charge in [-0.3, -0.25) is 9.59 Å². The maximum Gasteiger partial charge on any atom is 0.246 e. The molecule has 1 amide bonds. The summed E-state index contributed by atoms with van der Waals surface area (Å²) in [5.41, 5.74) is 1.63. The topological polar surface area (TPSA) is 42.3 Å². The third-order valence-corrected chi connectivity index (χ3v) is 4.26. The van der Waals surface area contributed by atoms with E-state index in [1.165, 1.54) is 0 Å². The zero-order valence-electron chi connectivity index (χ0n) is 13.0. The van der Waals surface area contributed by atoms with Crippen LogP contribution in [0.5, 0.6) is 0 Å². The van der Waals surface area contributed by atoms with Crippen LogP contribution >= 0.6 is 0 Å². The fraction of sp³-hybridized carbons (Fsp3) is 0.333. The van der Waals surface area contributed by atoms with Crippen LogP contribution in [0.25, 0.3) is 10.9 Å². The van der Waals surface area contributed by atoms with Gasteiger partial charge in [0.05, 0.1) is 0 Å². The van der Waals surface area contributed by atoms with Crippen molar-refractivity contribution in [2.24, 2.45) is 0 Å². The van der Waals surface area contributed by atoms with Gasteiger partial charge < -0.3 is 9.47 Å². The van der Waals surface area contributed by atoms with E-state index in [2.05, 4.69) is 0 Å². The molecule has 0 saturated heterocycles. The van der Waals surface area contributed by atoms with Gasteiger partial charge in [0.15, 0.2) is 5.78 Å². The third kappa shape index (κ3) is 2.34. The highest BCUT2D eigenvalue weighted by Gasteiger charge is 2.26. The van der Waals surface area contributed by atoms with Crippen molar-refractivity contribution in [3.63, 3.8) is 0 Å². The molecular weight excluding hydrogens is 276 g/mol. The lowest BCUT2D eigenvalue weighted by atomic mass is 10.1. The number of para-hydroxylation sites is 1. The second-order valence-corrected chi connectivity index (χ2v) is 5.66. The molecule has 1 aromatic carbocycles. The minimum atomic E-state index is -0.266. The summed E-state index contributed by atoms with van der Waals surface area (Å²) >= 11 is 0. The first-order valence-electron chi connectivity index (χ1n) is 7.67. The van der Waals surface area contributed by atoms with Gasteiger partial charge in [-0.2, -0.15) is 0 Å². The largest absolute Gasteiger partial charge is 0.334 e. The molecule has 0 aliphatic carbocycles. The van der Waals surface area contributed by atoms with Crippen LogP contribution in [-0.4, -0.2) is 34.2 Å². The van der Waals surface area contributed by atoms with Crippen molar-refractivity contribution in [2.45, 2.75) is 26.3 Å². The summed E-state index contributed by atoms with van der Waals surface area (Å²) in [6.07, 6.45) is 6.56. The van der Waals surface area contributed by atoms with Crippen LogP contribution in [0.2, 0.25) is 0 Å². The zero-order chi connectivity index (χ0) is 15.7. The van der Waals surface area contributed by atoms with E-state index in [9.17, 15) is 9.59 Å². The Morgan fingerprint density at radius 2 is 1.86 bits per heavy atom. The van der Waals surface area contributed by atoms with Crippen molar-refractivity contribution in [3.05, 3.63) is 48.2 Å². The summed E-state index contributed by atoms with van der Waals surface area (Å²) in [5.74, 6) is 0.142. The highest BCUT2D eigenvalue weighted by atomic mass is 16.2. The summed E-state index contributed by atoms with van der Waals surface area (Å²) in [4.78, 5) is 26.5. The monoisotopic (exact) mass is 296 g/mol. The first-order chi connectivity index (χ1) is 10.6. The normalized spacial score (nSPS) is 15.5. The Morgan fingerprint density at radius 1 is 1.18 bits per heavy atom. The van der Waals surface area contributed by atoms with Crippen LogP contribution in [0.3, 0.4) is 0 Å². The Balaban J connectivity index is 2.07. The number of benzene rings is 1. The molecule has 0 bridgehead atoms. The van der Waals surface area contributed by atoms with Gasteiger partial charge in [0.2, 0.25) is 5.91 Å². The maximum absolute atomic E-state index is 12.8. The number of ketones is 1. The van der Waals surface area contributed by atoms with Crippen molar-refractivity contribution in [2.75, 3.05) is 13.1 Å². The molecule has 2 aromatic rings. The molecule has 3 rings (SSSR count). The number of fused-ring (bicyclic) bond motifs is 1. The molecule has 22 heavy (non-hydrogen) atoms. The third-order valence-electron chi connectivity index (χ3n) is 4.26. The molecule has 1 aliphatic rings. The summed E-state index contributed by atoms with van der Waals surface area (Å²) in [5, 5.41) is 0.917. The lowest BCUT2D eigenvalue weighted by Gasteiger charge is -2.24. The number of carbonyl (C=O) groups is 2. The predicted molar refractivity (Wildman–Crippen MR) is 87.0 cm³/mol. The molecule has 0 spiro atoms. The van der Waals surface area contributed by atoms with E-state index < -0.39 is 0 Å². The van der Waals surface area contributed by atoms with Crippen LogP contribution in [0.15, 0.2) is 42.6 Å². The average molecular weight is 296 g/mol. The van der Waals surface area contributed by atoms with Gasteiger partial charge in [-0.1, -0.05) is 37.3 Å². The van der Waals surface area contributed by atoms with Crippen molar-refractivity contribution in [3.8, 4) is 0 Å². The van der Waals surface area contributed by atoms with Gasteiger partial charge in [-0.15, -0.1) is 0 Å². The van der Waals surface area contributed by atoms with Gasteiger partial charge in [0.1, 0.15) is 6.04 Å². The average Bonchev–Trinajstić information content (AvgIpc) is 3.16. The molecule has 0 fully saturated rings. The minimum Gasteiger partial charge on any atom is -0.334 e. The first-order valence-corrected chi connectivity index (χ1v) is 7.67. The van der Waals surface area contributed by atoms with Gasteiger partial charge in [-0.05, 0) is 19.4 Å². The van der Waals surface area contributed by atoms with E-state index in [4.69, 9.17) is 0 Å². The van der Waals surface area contributed by atoms with Crippen molar-refractivity contribution in [1.29, 1.82) is 0 Å². The lowest BCUT2D eigenvalue weighted by Crippen LogP contribution is -2.35. The van der Waals surface area contributed by atoms with Gasteiger partial charge in [0, 0.05) is 35.8 Å². The molecule has 1 unspecified atom stereocenters. The highest BCUT2D eigenvalue weighted by molar-refractivity contribution is 6.07. The summed E-state index contributed by atoms with van der Waals surface area (Å²) in [6, 6.07) is 7.51. The van der Waals surface area contributed by atoms with Gasteiger partial charge >= 0.3 is 0 Å². The number of hydrogen-bond donors (Lipinski definition) is 0. The Bertz CT molecular complexity index is 750. The molecule has 1 aliphatic heterocycles. The lowest BCUT2D eigenvalue weighted by molar-refractivity contribution is -0.133. The number of amides is 1. The molecule has 0 radical (unpaired) electrons. The molecule has 1 atom stereocenters.